The molecule has 7 heteroatoms. The van der Waals surface area contributed by atoms with E-state index in [2.05, 4.69) is 5.32 Å². The number of piperazine rings is 1. The molecule has 2 aromatic carbocycles. The van der Waals surface area contributed by atoms with E-state index in [4.69, 9.17) is 17.7 Å². The standard InChI is InChI=1S/C24H33N3O4/c1-18-7-6-8-19(2)24(18)25-23(29)16-27-13-11-26(12-14-27)15-20(28)17-31-22-10-5-4-9-21(22)30-3/h4-10,20,28H,11-17H2,1-3H3,(H,25,29)/i3D3,15D2,20D. The quantitative estimate of drug-likeness (QED) is 0.632. The van der Waals surface area contributed by atoms with Gasteiger partial charge in [-0.2, -0.15) is 0 Å². The Bertz CT molecular complexity index is 1070. The third kappa shape index (κ3) is 6.69. The van der Waals surface area contributed by atoms with Gasteiger partial charge < -0.3 is 19.9 Å². The maximum absolute atomic E-state index is 12.6. The molecule has 1 unspecified atom stereocenters. The summed E-state index contributed by atoms with van der Waals surface area (Å²) in [6, 6.07) is 11.7. The number of carbonyl (C=O) groups excluding carboxylic acids is 1. The van der Waals surface area contributed by atoms with Crippen LogP contribution in [-0.4, -0.2) is 79.8 Å². The van der Waals surface area contributed by atoms with Crippen LogP contribution in [0.4, 0.5) is 5.69 Å². The predicted octanol–water partition coefficient (Wildman–Crippen LogP) is 2.31. The Morgan fingerprint density at radius 3 is 2.45 bits per heavy atom. The van der Waals surface area contributed by atoms with Crippen LogP contribution >= 0.6 is 0 Å². The topological polar surface area (TPSA) is 74.3 Å². The van der Waals surface area contributed by atoms with Gasteiger partial charge in [-0.05, 0) is 37.1 Å². The summed E-state index contributed by atoms with van der Waals surface area (Å²) in [6.07, 6.45) is -2.68. The maximum atomic E-state index is 12.6. The molecular weight excluding hydrogens is 394 g/mol. The van der Waals surface area contributed by atoms with Crippen LogP contribution < -0.4 is 14.8 Å². The highest BCUT2D eigenvalue weighted by molar-refractivity contribution is 5.93. The van der Waals surface area contributed by atoms with Gasteiger partial charge in [0.25, 0.3) is 0 Å². The molecule has 3 rings (SSSR count). The van der Waals surface area contributed by atoms with Gasteiger partial charge in [-0.15, -0.1) is 0 Å². The van der Waals surface area contributed by atoms with E-state index in [9.17, 15) is 9.90 Å². The minimum absolute atomic E-state index is 0.0279. The van der Waals surface area contributed by atoms with E-state index >= 15 is 0 Å². The highest BCUT2D eigenvalue weighted by Crippen LogP contribution is 2.25. The number of ether oxygens (including phenoxy) is 2. The molecule has 1 aliphatic heterocycles. The molecule has 1 saturated heterocycles. The van der Waals surface area contributed by atoms with Crippen LogP contribution in [0.15, 0.2) is 42.5 Å². The summed E-state index contributed by atoms with van der Waals surface area (Å²) < 4.78 is 57.3. The number of hydrogen-bond donors (Lipinski definition) is 2. The average molecular weight is 434 g/mol. The third-order valence-electron chi connectivity index (χ3n) is 5.10. The number of carbonyl (C=O) groups is 1. The number of anilines is 1. The number of benzene rings is 2. The number of para-hydroxylation sites is 3. The number of aliphatic hydroxyl groups is 1. The summed E-state index contributed by atoms with van der Waals surface area (Å²) in [5.41, 5.74) is 2.72. The van der Waals surface area contributed by atoms with Crippen LogP contribution in [-0.2, 0) is 4.79 Å². The molecule has 168 valence electrons. The predicted molar refractivity (Wildman–Crippen MR) is 122 cm³/mol. The highest BCUT2D eigenvalue weighted by atomic mass is 16.5. The van der Waals surface area contributed by atoms with Crippen molar-refractivity contribution in [2.75, 3.05) is 58.2 Å². The Labute approximate surface area is 193 Å². The summed E-state index contributed by atoms with van der Waals surface area (Å²) in [6.45, 7) is 1.84. The van der Waals surface area contributed by atoms with Crippen molar-refractivity contribution in [3.63, 3.8) is 0 Å². The molecule has 1 aliphatic rings. The number of hydrogen-bond acceptors (Lipinski definition) is 6. The molecule has 0 aliphatic carbocycles. The van der Waals surface area contributed by atoms with E-state index in [1.54, 1.807) is 12.1 Å². The van der Waals surface area contributed by atoms with Crippen molar-refractivity contribution in [1.82, 2.24) is 9.80 Å². The lowest BCUT2D eigenvalue weighted by molar-refractivity contribution is -0.117. The fourth-order valence-electron chi connectivity index (χ4n) is 3.43. The number of nitrogens with one attached hydrogen (secondary N) is 1. The zero-order chi connectivity index (χ0) is 27.4. The Hall–Kier alpha value is -2.61. The minimum Gasteiger partial charge on any atom is -0.493 e. The van der Waals surface area contributed by atoms with E-state index in [1.165, 1.54) is 17.0 Å². The second-order valence-electron chi connectivity index (χ2n) is 7.47. The highest BCUT2D eigenvalue weighted by Gasteiger charge is 2.21. The van der Waals surface area contributed by atoms with Gasteiger partial charge in [0.05, 0.1) is 19.1 Å². The average Bonchev–Trinajstić information content (AvgIpc) is 2.80. The second kappa shape index (κ2) is 11.1. The summed E-state index contributed by atoms with van der Waals surface area (Å²) >= 11 is 0. The maximum Gasteiger partial charge on any atom is 0.238 e. The monoisotopic (exact) mass is 433 g/mol. The summed E-state index contributed by atoms with van der Waals surface area (Å²) in [4.78, 5) is 15.8. The van der Waals surface area contributed by atoms with E-state index in [0.717, 1.165) is 16.8 Å². The molecule has 0 radical (unpaired) electrons. The van der Waals surface area contributed by atoms with Crippen molar-refractivity contribution < 1.29 is 27.6 Å². The van der Waals surface area contributed by atoms with Crippen LogP contribution in [0.25, 0.3) is 0 Å². The SMILES string of the molecule is [2H]C([2H])([2H])Oc1ccccc1OCC([2H])(O)C([2H])([2H])N1CCN(CC(=O)Nc2c(C)cccc2C)CC1. The molecule has 7 nitrogen and oxygen atoms in total. The van der Waals surface area contributed by atoms with Crippen molar-refractivity contribution in [2.45, 2.75) is 19.9 Å². The van der Waals surface area contributed by atoms with Crippen LogP contribution in [0, 0.1) is 13.8 Å². The molecular formula is C24H33N3O4. The van der Waals surface area contributed by atoms with Gasteiger partial charge in [-0.3, -0.25) is 14.6 Å². The zero-order valence-corrected chi connectivity index (χ0v) is 17.9. The Morgan fingerprint density at radius 2 is 1.77 bits per heavy atom. The first-order valence-corrected chi connectivity index (χ1v) is 10.2. The van der Waals surface area contributed by atoms with Crippen molar-refractivity contribution in [1.29, 1.82) is 0 Å². The van der Waals surface area contributed by atoms with E-state index in [1.807, 2.05) is 36.9 Å². The lowest BCUT2D eigenvalue weighted by atomic mass is 10.1. The summed E-state index contributed by atoms with van der Waals surface area (Å²) in [7, 11) is -2.72. The van der Waals surface area contributed by atoms with Gasteiger partial charge >= 0.3 is 0 Å². The molecule has 1 atom stereocenters. The van der Waals surface area contributed by atoms with Gasteiger partial charge in [0.15, 0.2) is 11.5 Å². The summed E-state index contributed by atoms with van der Waals surface area (Å²) in [5.74, 6) is -0.302. The van der Waals surface area contributed by atoms with Crippen molar-refractivity contribution >= 4 is 11.6 Å². The molecule has 1 amide bonds. The largest absolute Gasteiger partial charge is 0.493 e. The van der Waals surface area contributed by atoms with E-state index in [0.29, 0.717) is 13.1 Å². The fourth-order valence-corrected chi connectivity index (χ4v) is 3.43. The normalized spacial score (nSPS) is 20.7. The number of rotatable bonds is 9. The Morgan fingerprint density at radius 1 is 1.13 bits per heavy atom. The molecule has 2 aromatic rings. The number of aryl methyl sites for hydroxylation is 2. The smallest absolute Gasteiger partial charge is 0.238 e. The lowest BCUT2D eigenvalue weighted by Gasteiger charge is -2.35. The summed E-state index contributed by atoms with van der Waals surface area (Å²) in [5, 5.41) is 13.6. The Kier molecular flexibility index (Phi) is 5.78. The second-order valence-corrected chi connectivity index (χ2v) is 7.47. The molecule has 0 bridgehead atoms. The molecule has 0 spiro atoms. The number of β-amino-alcohol motifs (C(OH)–C–C–N with tert-alkyl or cyclic N) is 1. The van der Waals surface area contributed by atoms with Crippen LogP contribution in [0.3, 0.4) is 0 Å². The first kappa shape index (κ1) is 16.1. The molecule has 1 fully saturated rings. The molecule has 0 saturated carbocycles. The number of amides is 1. The first-order valence-electron chi connectivity index (χ1n) is 13.2. The van der Waals surface area contributed by atoms with Crippen LogP contribution in [0.5, 0.6) is 11.5 Å². The number of methoxy groups -OCH3 is 1. The van der Waals surface area contributed by atoms with Crippen LogP contribution in [0.2, 0.25) is 0 Å². The van der Waals surface area contributed by atoms with Gasteiger partial charge in [-0.25, -0.2) is 0 Å². The fraction of sp³-hybridized carbons (Fsp3) is 0.458. The molecule has 0 aromatic heterocycles. The van der Waals surface area contributed by atoms with E-state index < -0.39 is 26.2 Å². The van der Waals surface area contributed by atoms with Crippen LogP contribution in [0.1, 0.15) is 19.4 Å². The molecule has 2 N–H and O–H groups in total. The van der Waals surface area contributed by atoms with Crippen molar-refractivity contribution in [2.24, 2.45) is 0 Å². The zero-order valence-electron chi connectivity index (χ0n) is 23.9. The van der Waals surface area contributed by atoms with Gasteiger partial charge in [0.1, 0.15) is 12.7 Å². The Balaban J connectivity index is 1.55. The van der Waals surface area contributed by atoms with Gasteiger partial charge in [0.2, 0.25) is 5.91 Å². The first-order chi connectivity index (χ1) is 17.2. The van der Waals surface area contributed by atoms with Gasteiger partial charge in [0, 0.05) is 41.1 Å². The van der Waals surface area contributed by atoms with Crippen molar-refractivity contribution in [3.05, 3.63) is 53.6 Å². The molecule has 1 heterocycles. The van der Waals surface area contributed by atoms with E-state index in [-0.39, 0.29) is 37.0 Å². The molecule has 31 heavy (non-hydrogen) atoms. The lowest BCUT2D eigenvalue weighted by Crippen LogP contribution is -2.50. The van der Waals surface area contributed by atoms with Crippen molar-refractivity contribution in [3.8, 4) is 11.5 Å². The minimum atomic E-state index is -2.72. The van der Waals surface area contributed by atoms with Gasteiger partial charge in [-0.1, -0.05) is 30.3 Å². The number of nitrogens with zero attached hydrogens (tertiary/aromatic N) is 2. The third-order valence-corrected chi connectivity index (χ3v) is 5.10.